The van der Waals surface area contributed by atoms with Crippen molar-refractivity contribution in [3.05, 3.63) is 0 Å². The van der Waals surface area contributed by atoms with E-state index in [0.29, 0.717) is 0 Å². The van der Waals surface area contributed by atoms with E-state index in [9.17, 15) is 0 Å². The molecule has 28 heavy (non-hydrogen) atoms. The maximum Gasteiger partial charge on any atom is 0.234 e. The summed E-state index contributed by atoms with van der Waals surface area (Å²) in [5.41, 5.74) is 0. The molecule has 3 rings (SSSR count). The molecule has 0 aromatic heterocycles. The van der Waals surface area contributed by atoms with Crippen molar-refractivity contribution in [2.45, 2.75) is 153 Å². The molecule has 164 valence electrons. The zero-order valence-electron chi connectivity index (χ0n) is 18.2. The van der Waals surface area contributed by atoms with E-state index in [1.807, 2.05) is 0 Å². The first-order valence-electron chi connectivity index (χ1n) is 12.6. The molecule has 0 unspecified atom stereocenters. The predicted molar refractivity (Wildman–Crippen MR) is 111 cm³/mol. The van der Waals surface area contributed by atoms with E-state index >= 15 is 0 Å². The Kier molecular flexibility index (Phi) is 10.1. The van der Waals surface area contributed by atoms with Crippen molar-refractivity contribution in [1.82, 2.24) is 0 Å². The summed E-state index contributed by atoms with van der Waals surface area (Å²) in [6.07, 6.45) is 26.5. The molecule has 0 bridgehead atoms. The Morgan fingerprint density at radius 3 is 0.643 bits per heavy atom. The van der Waals surface area contributed by atoms with Crippen molar-refractivity contribution in [2.24, 2.45) is 0 Å². The second-order valence-corrected chi connectivity index (χ2v) is 9.52. The third kappa shape index (κ3) is 7.59. The molecule has 1 saturated heterocycles. The Morgan fingerprint density at radius 2 is 0.429 bits per heavy atom. The van der Waals surface area contributed by atoms with Gasteiger partial charge in [-0.2, -0.15) is 19.6 Å². The molecule has 0 amide bonds. The van der Waals surface area contributed by atoms with Crippen molar-refractivity contribution in [3.63, 3.8) is 0 Å². The third-order valence-electron chi connectivity index (χ3n) is 6.92. The van der Waals surface area contributed by atoms with Crippen molar-refractivity contribution in [2.75, 3.05) is 0 Å². The van der Waals surface area contributed by atoms with Crippen LogP contribution < -0.4 is 0 Å². The van der Waals surface area contributed by atoms with E-state index in [1.165, 1.54) is 89.9 Å². The van der Waals surface area contributed by atoms with Gasteiger partial charge in [-0.05, 0) is 25.7 Å². The van der Waals surface area contributed by atoms with Crippen molar-refractivity contribution >= 4 is 0 Å². The van der Waals surface area contributed by atoms with Gasteiger partial charge in [0.25, 0.3) is 0 Å². The highest BCUT2D eigenvalue weighted by Crippen LogP contribution is 2.41. The molecule has 0 radical (unpaired) electrons. The first kappa shape index (κ1) is 22.5. The molecule has 2 spiro atoms. The second kappa shape index (κ2) is 12.5. The van der Waals surface area contributed by atoms with Crippen LogP contribution >= 0.6 is 0 Å². The monoisotopic (exact) mass is 396 g/mol. The van der Waals surface area contributed by atoms with Crippen molar-refractivity contribution < 1.29 is 19.6 Å². The fraction of sp³-hybridized carbons (Fsp3) is 1.00. The summed E-state index contributed by atoms with van der Waals surface area (Å²) in [6.45, 7) is 0. The summed E-state index contributed by atoms with van der Waals surface area (Å²) in [4.78, 5) is 24.3. The van der Waals surface area contributed by atoms with Gasteiger partial charge < -0.3 is 0 Å². The Morgan fingerprint density at radius 1 is 0.250 bits per heavy atom. The average molecular weight is 397 g/mol. The van der Waals surface area contributed by atoms with Crippen LogP contribution in [0.5, 0.6) is 0 Å². The highest BCUT2D eigenvalue weighted by molar-refractivity contribution is 4.75. The summed E-state index contributed by atoms with van der Waals surface area (Å²) in [5, 5.41) is 0. The van der Waals surface area contributed by atoms with Gasteiger partial charge in [-0.15, -0.1) is 0 Å². The van der Waals surface area contributed by atoms with E-state index < -0.39 is 11.6 Å². The van der Waals surface area contributed by atoms with Gasteiger partial charge >= 0.3 is 0 Å². The van der Waals surface area contributed by atoms with Crippen molar-refractivity contribution in [3.8, 4) is 0 Å². The summed E-state index contributed by atoms with van der Waals surface area (Å²) < 4.78 is 0. The largest absolute Gasteiger partial charge is 0.234 e. The highest BCUT2D eigenvalue weighted by Gasteiger charge is 2.47. The zero-order valence-corrected chi connectivity index (χ0v) is 18.2. The van der Waals surface area contributed by atoms with Gasteiger partial charge in [-0.3, -0.25) is 0 Å². The Bertz CT molecular complexity index is 337. The molecule has 1 aliphatic heterocycles. The minimum absolute atomic E-state index is 0.686. The first-order chi connectivity index (χ1) is 13.8. The summed E-state index contributed by atoms with van der Waals surface area (Å²) in [6, 6.07) is 0. The van der Waals surface area contributed by atoms with Crippen LogP contribution in [0.2, 0.25) is 0 Å². The molecule has 4 heteroatoms. The lowest BCUT2D eigenvalue weighted by atomic mass is 9.96. The van der Waals surface area contributed by atoms with E-state index in [0.717, 1.165) is 51.4 Å². The molecule has 2 saturated carbocycles. The number of rotatable bonds is 0. The fourth-order valence-corrected chi connectivity index (χ4v) is 4.97. The molecule has 3 aliphatic rings. The van der Waals surface area contributed by atoms with Crippen LogP contribution in [0.25, 0.3) is 0 Å². The smallest absolute Gasteiger partial charge is 0.195 e. The molecule has 4 nitrogen and oxygen atoms in total. The van der Waals surface area contributed by atoms with E-state index in [4.69, 9.17) is 19.6 Å². The zero-order chi connectivity index (χ0) is 19.4. The molecule has 0 aromatic carbocycles. The first-order valence-corrected chi connectivity index (χ1v) is 12.6. The van der Waals surface area contributed by atoms with Gasteiger partial charge in [0.05, 0.1) is 0 Å². The van der Waals surface area contributed by atoms with Gasteiger partial charge in [0, 0.05) is 25.7 Å². The van der Waals surface area contributed by atoms with Crippen molar-refractivity contribution in [1.29, 1.82) is 0 Å². The Balaban J connectivity index is 1.54. The molecule has 1 heterocycles. The van der Waals surface area contributed by atoms with Crippen LogP contribution in [0.1, 0.15) is 141 Å². The lowest BCUT2D eigenvalue weighted by Gasteiger charge is -2.43. The maximum absolute atomic E-state index is 6.08. The van der Waals surface area contributed by atoms with E-state index in [2.05, 4.69) is 0 Å². The predicted octanol–water partition coefficient (Wildman–Crippen LogP) is 7.90. The molecular formula is C24H44O4. The molecule has 0 aromatic rings. The van der Waals surface area contributed by atoms with Gasteiger partial charge in [0.1, 0.15) is 0 Å². The fourth-order valence-electron chi connectivity index (χ4n) is 4.97. The average Bonchev–Trinajstić information content (AvgIpc) is 2.70. The molecule has 0 N–H and O–H groups in total. The van der Waals surface area contributed by atoms with Gasteiger partial charge in [-0.25, -0.2) is 0 Å². The normalized spacial score (nSPS) is 29.1. The minimum atomic E-state index is -0.686. The standard InChI is InChI=1S/C24H44O4/c1-3-7-11-15-19-23(20-16-12-8-4-1)25-27-24(28-26-23)21-17-13-9-5-2-6-10-14-18-22-24/h1-22H2. The summed E-state index contributed by atoms with van der Waals surface area (Å²) >= 11 is 0. The van der Waals surface area contributed by atoms with E-state index in [-0.39, 0.29) is 0 Å². The van der Waals surface area contributed by atoms with Crippen LogP contribution in [0.4, 0.5) is 0 Å². The van der Waals surface area contributed by atoms with Crippen LogP contribution in [-0.2, 0) is 19.6 Å². The molecule has 3 fully saturated rings. The topological polar surface area (TPSA) is 36.9 Å². The highest BCUT2D eigenvalue weighted by atomic mass is 17.4. The Labute approximate surface area is 172 Å². The number of hydrogen-bond acceptors (Lipinski definition) is 4. The van der Waals surface area contributed by atoms with E-state index in [1.54, 1.807) is 0 Å². The molecule has 2 aliphatic carbocycles. The van der Waals surface area contributed by atoms with Gasteiger partial charge in [0.2, 0.25) is 11.6 Å². The van der Waals surface area contributed by atoms with Crippen LogP contribution in [-0.4, -0.2) is 11.6 Å². The summed E-state index contributed by atoms with van der Waals surface area (Å²) in [5.74, 6) is -1.37. The molecule has 0 atom stereocenters. The van der Waals surface area contributed by atoms with Crippen LogP contribution in [0, 0.1) is 0 Å². The van der Waals surface area contributed by atoms with Crippen LogP contribution in [0.3, 0.4) is 0 Å². The van der Waals surface area contributed by atoms with Gasteiger partial charge in [-0.1, -0.05) is 89.9 Å². The lowest BCUT2D eigenvalue weighted by molar-refractivity contribution is -0.660. The summed E-state index contributed by atoms with van der Waals surface area (Å²) in [7, 11) is 0. The SMILES string of the molecule is C1CCCCCC2(CCCCC1)OOC1(CCCCCCCCCCC1)OO2. The lowest BCUT2D eigenvalue weighted by Crippen LogP contribution is -2.51. The van der Waals surface area contributed by atoms with Crippen LogP contribution in [0.15, 0.2) is 0 Å². The quantitative estimate of drug-likeness (QED) is 0.390. The third-order valence-corrected chi connectivity index (χ3v) is 6.92. The Hall–Kier alpha value is -0.160. The number of hydrogen-bond donors (Lipinski definition) is 0. The molecular weight excluding hydrogens is 352 g/mol. The maximum atomic E-state index is 6.08. The second-order valence-electron chi connectivity index (χ2n) is 9.52. The minimum Gasteiger partial charge on any atom is -0.195 e. The van der Waals surface area contributed by atoms with Gasteiger partial charge in [0.15, 0.2) is 0 Å².